The molecule has 1 aliphatic rings. The Bertz CT molecular complexity index is 1200. The van der Waals surface area contributed by atoms with Crippen molar-refractivity contribution in [3.05, 3.63) is 107 Å². The summed E-state index contributed by atoms with van der Waals surface area (Å²) >= 11 is 0. The summed E-state index contributed by atoms with van der Waals surface area (Å²) in [6.07, 6.45) is 1.99. The zero-order chi connectivity index (χ0) is 26.6. The van der Waals surface area contributed by atoms with Crippen LogP contribution >= 0.6 is 0 Å². The highest BCUT2D eigenvalue weighted by Crippen LogP contribution is 2.46. The van der Waals surface area contributed by atoms with E-state index in [9.17, 15) is 18.7 Å². The number of hydrogen-bond donors (Lipinski definition) is 3. The number of amides is 1. The number of halogens is 2. The highest BCUT2D eigenvalue weighted by Gasteiger charge is 2.44. The average molecular weight is 507 g/mol. The number of benzene rings is 3. The smallest absolute Gasteiger partial charge is 0.251 e. The Morgan fingerprint density at radius 1 is 0.946 bits per heavy atom. The molecule has 0 saturated heterocycles. The molecule has 0 aliphatic heterocycles. The summed E-state index contributed by atoms with van der Waals surface area (Å²) in [5.74, 6) is -1.73. The average Bonchev–Trinajstić information content (AvgIpc) is 3.62. The summed E-state index contributed by atoms with van der Waals surface area (Å²) in [5.41, 5.74) is 3.25. The minimum Gasteiger partial charge on any atom is -0.390 e. The number of rotatable bonds is 10. The van der Waals surface area contributed by atoms with Crippen LogP contribution in [0.15, 0.2) is 72.8 Å². The lowest BCUT2D eigenvalue weighted by Gasteiger charge is -2.28. The minimum absolute atomic E-state index is 0.0875. The Labute approximate surface area is 218 Å². The molecule has 3 aromatic carbocycles. The van der Waals surface area contributed by atoms with Gasteiger partial charge in [0.15, 0.2) is 0 Å². The van der Waals surface area contributed by atoms with Crippen LogP contribution in [0.4, 0.5) is 8.78 Å². The third-order valence-electron chi connectivity index (χ3n) is 6.81. The molecular formula is C31H36F2N2O2. The van der Waals surface area contributed by atoms with Crippen molar-refractivity contribution in [3.63, 3.8) is 0 Å². The van der Waals surface area contributed by atoms with Crippen molar-refractivity contribution in [3.8, 4) is 0 Å². The summed E-state index contributed by atoms with van der Waals surface area (Å²) in [6.45, 7) is 6.88. The molecule has 1 saturated carbocycles. The number of carbonyl (C=O) groups excluding carboxylic acids is 1. The Morgan fingerprint density at radius 3 is 2.24 bits per heavy atom. The molecule has 6 heteroatoms. The van der Waals surface area contributed by atoms with Gasteiger partial charge in [0.25, 0.3) is 5.91 Å². The molecule has 196 valence electrons. The van der Waals surface area contributed by atoms with Crippen LogP contribution in [0.25, 0.3) is 0 Å². The Hall–Kier alpha value is -3.09. The predicted molar refractivity (Wildman–Crippen MR) is 142 cm³/mol. The van der Waals surface area contributed by atoms with Gasteiger partial charge < -0.3 is 15.7 Å². The van der Waals surface area contributed by atoms with Gasteiger partial charge in [-0.25, -0.2) is 8.78 Å². The van der Waals surface area contributed by atoms with E-state index >= 15 is 0 Å². The van der Waals surface area contributed by atoms with E-state index in [-0.39, 0.29) is 29.8 Å². The molecular weight excluding hydrogens is 470 g/mol. The van der Waals surface area contributed by atoms with Gasteiger partial charge >= 0.3 is 0 Å². The fraction of sp³-hybridized carbons (Fsp3) is 0.387. The van der Waals surface area contributed by atoms with Gasteiger partial charge in [-0.05, 0) is 72.1 Å². The molecule has 0 heterocycles. The molecule has 1 amide bonds. The number of aliphatic hydroxyl groups excluding tert-OH is 1. The first-order valence-corrected chi connectivity index (χ1v) is 12.9. The van der Waals surface area contributed by atoms with Crippen LogP contribution in [0.1, 0.15) is 60.7 Å². The van der Waals surface area contributed by atoms with E-state index in [4.69, 9.17) is 0 Å². The maximum absolute atomic E-state index is 13.8. The van der Waals surface area contributed by atoms with Crippen molar-refractivity contribution in [1.29, 1.82) is 0 Å². The Kier molecular flexibility index (Phi) is 8.10. The van der Waals surface area contributed by atoms with Gasteiger partial charge in [-0.3, -0.25) is 4.79 Å². The van der Waals surface area contributed by atoms with Gasteiger partial charge in [0.05, 0.1) is 12.1 Å². The minimum atomic E-state index is -0.978. The van der Waals surface area contributed by atoms with Crippen molar-refractivity contribution in [2.75, 3.05) is 6.54 Å². The first-order valence-electron chi connectivity index (χ1n) is 12.9. The van der Waals surface area contributed by atoms with Gasteiger partial charge in [-0.2, -0.15) is 0 Å². The highest BCUT2D eigenvalue weighted by molar-refractivity contribution is 5.94. The van der Waals surface area contributed by atoms with Gasteiger partial charge in [0, 0.05) is 23.7 Å². The van der Waals surface area contributed by atoms with E-state index < -0.39 is 23.8 Å². The summed E-state index contributed by atoms with van der Waals surface area (Å²) < 4.78 is 27.7. The number of nitrogens with one attached hydrogen (secondary N) is 2. The molecule has 0 radical (unpaired) electrons. The maximum atomic E-state index is 13.8. The molecule has 3 aromatic rings. The zero-order valence-corrected chi connectivity index (χ0v) is 21.7. The quantitative estimate of drug-likeness (QED) is 0.339. The molecule has 4 rings (SSSR count). The lowest BCUT2D eigenvalue weighted by Crippen LogP contribution is -2.50. The van der Waals surface area contributed by atoms with Crippen LogP contribution in [-0.2, 0) is 18.4 Å². The molecule has 0 bridgehead atoms. The van der Waals surface area contributed by atoms with Crippen LogP contribution in [0.2, 0.25) is 0 Å². The highest BCUT2D eigenvalue weighted by atomic mass is 19.1. The zero-order valence-electron chi connectivity index (χ0n) is 21.7. The monoisotopic (exact) mass is 506 g/mol. The third-order valence-corrected chi connectivity index (χ3v) is 6.81. The number of aliphatic hydroxyl groups is 1. The first kappa shape index (κ1) is 27.0. The fourth-order valence-corrected chi connectivity index (χ4v) is 4.83. The van der Waals surface area contributed by atoms with E-state index in [1.165, 1.54) is 23.3 Å². The molecule has 1 aliphatic carbocycles. The molecule has 0 spiro atoms. The Morgan fingerprint density at radius 2 is 1.62 bits per heavy atom. The Balaban J connectivity index is 1.48. The molecule has 37 heavy (non-hydrogen) atoms. The maximum Gasteiger partial charge on any atom is 0.251 e. The van der Waals surface area contributed by atoms with Gasteiger partial charge in [0.1, 0.15) is 11.6 Å². The van der Waals surface area contributed by atoms with E-state index in [2.05, 4.69) is 55.7 Å². The first-order chi connectivity index (χ1) is 17.5. The van der Waals surface area contributed by atoms with Crippen LogP contribution in [0.5, 0.6) is 0 Å². The van der Waals surface area contributed by atoms with Crippen molar-refractivity contribution < 1.29 is 18.7 Å². The molecule has 4 nitrogen and oxygen atoms in total. The molecule has 0 aromatic heterocycles. The van der Waals surface area contributed by atoms with Crippen LogP contribution in [-0.4, -0.2) is 29.7 Å². The molecule has 3 N–H and O–H groups in total. The molecule has 0 unspecified atom stereocenters. The van der Waals surface area contributed by atoms with Gasteiger partial charge in [-0.1, -0.05) is 63.2 Å². The summed E-state index contributed by atoms with van der Waals surface area (Å²) in [5, 5.41) is 17.6. The SMILES string of the molecule is CC(C)(C)Cc1cccc(C2(NC[C@@H](O)[C@H](Cc3cc(F)cc(F)c3)NC(=O)c3ccccc3)CC2)c1. The third kappa shape index (κ3) is 7.46. The van der Waals surface area contributed by atoms with Crippen molar-refractivity contribution in [2.24, 2.45) is 5.41 Å². The van der Waals surface area contributed by atoms with E-state index in [0.29, 0.717) is 11.1 Å². The number of hydrogen-bond acceptors (Lipinski definition) is 3. The normalized spacial score (nSPS) is 16.2. The standard InChI is InChI=1S/C31H36F2N2O2/c1-30(2,3)19-21-8-7-11-24(14-21)31(12-13-31)34-20-28(36)27(17-22-15-25(32)18-26(33)16-22)35-29(37)23-9-5-4-6-10-23/h4-11,14-16,18,27-28,34,36H,12-13,17,19-20H2,1-3H3,(H,35,37)/t27-,28+/m0/s1. The molecule has 2 atom stereocenters. The van der Waals surface area contributed by atoms with Crippen molar-refractivity contribution in [1.82, 2.24) is 10.6 Å². The summed E-state index contributed by atoms with van der Waals surface area (Å²) in [6, 6.07) is 19.8. The fourth-order valence-electron chi connectivity index (χ4n) is 4.83. The van der Waals surface area contributed by atoms with Crippen molar-refractivity contribution >= 4 is 5.91 Å². The topological polar surface area (TPSA) is 61.4 Å². The summed E-state index contributed by atoms with van der Waals surface area (Å²) in [7, 11) is 0. The van der Waals surface area contributed by atoms with E-state index in [1.54, 1.807) is 24.3 Å². The van der Waals surface area contributed by atoms with Gasteiger partial charge in [-0.15, -0.1) is 0 Å². The lowest BCUT2D eigenvalue weighted by molar-refractivity contribution is 0.0822. The largest absolute Gasteiger partial charge is 0.390 e. The second kappa shape index (κ2) is 11.1. The number of carbonyl (C=O) groups is 1. The van der Waals surface area contributed by atoms with Gasteiger partial charge in [0.2, 0.25) is 0 Å². The summed E-state index contributed by atoms with van der Waals surface area (Å²) in [4.78, 5) is 12.9. The lowest BCUT2D eigenvalue weighted by atomic mass is 9.87. The second-order valence-corrected chi connectivity index (χ2v) is 11.4. The van der Waals surface area contributed by atoms with Crippen LogP contribution in [0, 0.1) is 17.0 Å². The molecule has 1 fully saturated rings. The van der Waals surface area contributed by atoms with Crippen LogP contribution < -0.4 is 10.6 Å². The van der Waals surface area contributed by atoms with E-state index in [1.807, 2.05) is 6.07 Å². The second-order valence-electron chi connectivity index (χ2n) is 11.4. The predicted octanol–water partition coefficient (Wildman–Crippen LogP) is 5.53. The van der Waals surface area contributed by atoms with E-state index in [0.717, 1.165) is 25.3 Å². The van der Waals surface area contributed by atoms with Crippen LogP contribution in [0.3, 0.4) is 0 Å². The van der Waals surface area contributed by atoms with Crippen molar-refractivity contribution in [2.45, 2.75) is 64.1 Å².